The number of rotatable bonds is 5. The van der Waals surface area contributed by atoms with Crippen molar-refractivity contribution in [3.05, 3.63) is 94.5 Å². The summed E-state index contributed by atoms with van der Waals surface area (Å²) in [4.78, 5) is 26.4. The zero-order chi connectivity index (χ0) is 18.5. The van der Waals surface area contributed by atoms with Gasteiger partial charge in [-0.3, -0.25) is 9.59 Å². The number of thioether (sulfide) groups is 1. The van der Waals surface area contributed by atoms with E-state index in [0.717, 1.165) is 4.90 Å². The van der Waals surface area contributed by atoms with Crippen LogP contribution in [0, 0.1) is 0 Å². The fraction of sp³-hybridized carbons (Fsp3) is 0.0476. The van der Waals surface area contributed by atoms with Crippen molar-refractivity contribution in [2.24, 2.45) is 0 Å². The average Bonchev–Trinajstić information content (AvgIpc) is 2.69. The SMILES string of the molecule is CSc1cccc(C(=O)Nc2ccc(Cl)cc2C(=O)c2ccccc2)c1. The third-order valence-corrected chi connectivity index (χ3v) is 4.80. The molecule has 0 aromatic heterocycles. The van der Waals surface area contributed by atoms with Crippen LogP contribution in [0.25, 0.3) is 0 Å². The van der Waals surface area contributed by atoms with Crippen LogP contribution in [0.5, 0.6) is 0 Å². The van der Waals surface area contributed by atoms with E-state index in [1.165, 1.54) is 0 Å². The van der Waals surface area contributed by atoms with Crippen LogP contribution in [0.1, 0.15) is 26.3 Å². The predicted octanol–water partition coefficient (Wildman–Crippen LogP) is 5.55. The van der Waals surface area contributed by atoms with Crippen molar-refractivity contribution < 1.29 is 9.59 Å². The molecule has 0 aliphatic heterocycles. The number of nitrogens with one attached hydrogen (secondary N) is 1. The molecule has 3 nitrogen and oxygen atoms in total. The zero-order valence-electron chi connectivity index (χ0n) is 14.0. The van der Waals surface area contributed by atoms with E-state index in [9.17, 15) is 9.59 Å². The lowest BCUT2D eigenvalue weighted by atomic mass is 10.0. The zero-order valence-corrected chi connectivity index (χ0v) is 15.6. The summed E-state index contributed by atoms with van der Waals surface area (Å²) in [5.74, 6) is -0.466. The highest BCUT2D eigenvalue weighted by molar-refractivity contribution is 7.98. The number of amides is 1. The number of hydrogen-bond acceptors (Lipinski definition) is 3. The van der Waals surface area contributed by atoms with Gasteiger partial charge in [-0.05, 0) is 42.7 Å². The molecule has 130 valence electrons. The summed E-state index contributed by atoms with van der Waals surface area (Å²) in [5, 5.41) is 3.27. The van der Waals surface area contributed by atoms with Crippen molar-refractivity contribution in [2.45, 2.75) is 4.90 Å². The first-order valence-electron chi connectivity index (χ1n) is 7.93. The highest BCUT2D eigenvalue weighted by Crippen LogP contribution is 2.25. The third-order valence-electron chi connectivity index (χ3n) is 3.84. The summed E-state index contributed by atoms with van der Waals surface area (Å²) in [7, 11) is 0. The van der Waals surface area contributed by atoms with Gasteiger partial charge in [-0.2, -0.15) is 0 Å². The van der Waals surface area contributed by atoms with E-state index in [1.807, 2.05) is 30.5 Å². The van der Waals surface area contributed by atoms with Gasteiger partial charge >= 0.3 is 0 Å². The summed E-state index contributed by atoms with van der Waals surface area (Å²) in [6.07, 6.45) is 1.95. The number of halogens is 1. The maximum absolute atomic E-state index is 12.8. The normalized spacial score (nSPS) is 10.4. The molecule has 0 bridgehead atoms. The first-order valence-corrected chi connectivity index (χ1v) is 9.53. The summed E-state index contributed by atoms with van der Waals surface area (Å²) in [5.41, 5.74) is 1.86. The van der Waals surface area contributed by atoms with E-state index >= 15 is 0 Å². The van der Waals surface area contributed by atoms with Gasteiger partial charge < -0.3 is 5.32 Å². The van der Waals surface area contributed by atoms with E-state index < -0.39 is 0 Å². The molecule has 3 aromatic carbocycles. The minimum atomic E-state index is -0.273. The summed E-state index contributed by atoms with van der Waals surface area (Å²) >= 11 is 7.64. The Labute approximate surface area is 161 Å². The minimum Gasteiger partial charge on any atom is -0.321 e. The number of carbonyl (C=O) groups excluding carboxylic acids is 2. The Bertz CT molecular complexity index is 957. The second-order valence-electron chi connectivity index (χ2n) is 5.57. The van der Waals surface area contributed by atoms with Crippen molar-refractivity contribution in [2.75, 3.05) is 11.6 Å². The van der Waals surface area contributed by atoms with Gasteiger partial charge in [-0.1, -0.05) is 48.0 Å². The first-order chi connectivity index (χ1) is 12.6. The molecule has 0 heterocycles. The van der Waals surface area contributed by atoms with Gasteiger partial charge in [0.25, 0.3) is 5.91 Å². The first kappa shape index (κ1) is 18.2. The van der Waals surface area contributed by atoms with Crippen LogP contribution in [0.15, 0.2) is 77.7 Å². The van der Waals surface area contributed by atoms with Gasteiger partial charge in [0.2, 0.25) is 0 Å². The van der Waals surface area contributed by atoms with Crippen molar-refractivity contribution in [1.82, 2.24) is 0 Å². The van der Waals surface area contributed by atoms with Crippen LogP contribution in [0.2, 0.25) is 5.02 Å². The van der Waals surface area contributed by atoms with Crippen molar-refractivity contribution >= 4 is 40.7 Å². The fourth-order valence-corrected chi connectivity index (χ4v) is 3.15. The number of hydrogen-bond donors (Lipinski definition) is 1. The molecule has 0 aliphatic rings. The third kappa shape index (κ3) is 4.15. The largest absolute Gasteiger partial charge is 0.321 e. The summed E-state index contributed by atoms with van der Waals surface area (Å²) in [6, 6.07) is 21.1. The summed E-state index contributed by atoms with van der Waals surface area (Å²) < 4.78 is 0. The van der Waals surface area contributed by atoms with E-state index in [0.29, 0.717) is 27.4 Å². The number of benzene rings is 3. The summed E-state index contributed by atoms with van der Waals surface area (Å²) in [6.45, 7) is 0. The van der Waals surface area contributed by atoms with E-state index in [1.54, 1.807) is 60.3 Å². The van der Waals surface area contributed by atoms with Crippen LogP contribution in [0.3, 0.4) is 0 Å². The molecule has 0 atom stereocenters. The van der Waals surface area contributed by atoms with Crippen LogP contribution < -0.4 is 5.32 Å². The molecule has 0 spiro atoms. The molecule has 1 N–H and O–H groups in total. The van der Waals surface area contributed by atoms with Gasteiger partial charge in [0.05, 0.1) is 5.69 Å². The second-order valence-corrected chi connectivity index (χ2v) is 6.89. The molecule has 0 aliphatic carbocycles. The molecule has 0 saturated carbocycles. The topological polar surface area (TPSA) is 46.2 Å². The molecule has 3 rings (SSSR count). The van der Waals surface area contributed by atoms with Crippen LogP contribution in [0.4, 0.5) is 5.69 Å². The van der Waals surface area contributed by atoms with E-state index in [-0.39, 0.29) is 11.7 Å². The Hall–Kier alpha value is -2.56. The van der Waals surface area contributed by atoms with Crippen LogP contribution in [-0.2, 0) is 0 Å². The number of carbonyl (C=O) groups is 2. The standard InChI is InChI=1S/C21H16ClNO2S/c1-26-17-9-5-8-15(12-17)21(25)23-19-11-10-16(22)13-18(19)20(24)14-6-3-2-4-7-14/h2-13H,1H3,(H,23,25). The van der Waals surface area contributed by atoms with Crippen molar-refractivity contribution in [1.29, 1.82) is 0 Å². The Morgan fingerprint density at radius 3 is 2.35 bits per heavy atom. The molecule has 26 heavy (non-hydrogen) atoms. The van der Waals surface area contributed by atoms with E-state index in [4.69, 9.17) is 11.6 Å². The average molecular weight is 382 g/mol. The lowest BCUT2D eigenvalue weighted by Gasteiger charge is -2.12. The van der Waals surface area contributed by atoms with Gasteiger partial charge in [0.15, 0.2) is 5.78 Å². The van der Waals surface area contributed by atoms with Gasteiger partial charge in [-0.25, -0.2) is 0 Å². The molecule has 0 unspecified atom stereocenters. The molecule has 0 radical (unpaired) electrons. The Balaban J connectivity index is 1.93. The van der Waals surface area contributed by atoms with Gasteiger partial charge in [0.1, 0.15) is 0 Å². The minimum absolute atomic E-state index is 0.193. The smallest absolute Gasteiger partial charge is 0.255 e. The molecule has 1 amide bonds. The quantitative estimate of drug-likeness (QED) is 0.466. The molecular formula is C21H16ClNO2S. The lowest BCUT2D eigenvalue weighted by molar-refractivity contribution is 0.102. The van der Waals surface area contributed by atoms with Gasteiger partial charge in [-0.15, -0.1) is 11.8 Å². The maximum atomic E-state index is 12.8. The monoisotopic (exact) mass is 381 g/mol. The van der Waals surface area contributed by atoms with Crippen molar-refractivity contribution in [3.63, 3.8) is 0 Å². The molecule has 3 aromatic rings. The van der Waals surface area contributed by atoms with E-state index in [2.05, 4.69) is 5.32 Å². The molecule has 5 heteroatoms. The molecule has 0 saturated heterocycles. The number of ketones is 1. The molecule has 0 fully saturated rings. The van der Waals surface area contributed by atoms with Crippen LogP contribution in [-0.4, -0.2) is 17.9 Å². The predicted molar refractivity (Wildman–Crippen MR) is 108 cm³/mol. The maximum Gasteiger partial charge on any atom is 0.255 e. The Morgan fingerprint density at radius 1 is 0.885 bits per heavy atom. The van der Waals surface area contributed by atoms with Gasteiger partial charge in [0, 0.05) is 26.6 Å². The highest BCUT2D eigenvalue weighted by atomic mass is 35.5. The Morgan fingerprint density at radius 2 is 1.62 bits per heavy atom. The molecular weight excluding hydrogens is 366 g/mol. The van der Waals surface area contributed by atoms with Crippen LogP contribution >= 0.6 is 23.4 Å². The second kappa shape index (κ2) is 8.21. The van der Waals surface area contributed by atoms with Crippen molar-refractivity contribution in [3.8, 4) is 0 Å². The fourth-order valence-electron chi connectivity index (χ4n) is 2.52. The Kier molecular flexibility index (Phi) is 5.76. The number of anilines is 1. The highest BCUT2D eigenvalue weighted by Gasteiger charge is 2.16. The lowest BCUT2D eigenvalue weighted by Crippen LogP contribution is -2.15.